The summed E-state index contributed by atoms with van der Waals surface area (Å²) >= 11 is 0. The predicted octanol–water partition coefficient (Wildman–Crippen LogP) is 8.89. The molecular weight excluding hydrogens is 539 g/mol. The molecule has 0 spiro atoms. The Morgan fingerprint density at radius 2 is 1.65 bits per heavy atom. The van der Waals surface area contributed by atoms with Crippen molar-refractivity contribution in [2.75, 3.05) is 5.32 Å². The van der Waals surface area contributed by atoms with Crippen LogP contribution in [0, 0.1) is 11.7 Å². The lowest BCUT2D eigenvalue weighted by atomic mass is 9.83. The maximum atomic E-state index is 14.3. The van der Waals surface area contributed by atoms with Crippen molar-refractivity contribution < 1.29 is 18.7 Å². The normalized spacial score (nSPS) is 18.0. The zero-order chi connectivity index (χ0) is 30.6. The molecule has 4 aromatic rings. The Hall–Kier alpha value is -4.03. The molecule has 1 N–H and O–H groups in total. The number of rotatable bonds is 10. The molecule has 1 amide bonds. The van der Waals surface area contributed by atoms with Crippen LogP contribution in [-0.2, 0) is 16.1 Å². The molecule has 5 nitrogen and oxygen atoms in total. The molecule has 2 atom stereocenters. The van der Waals surface area contributed by atoms with Gasteiger partial charge in [-0.25, -0.2) is 4.39 Å². The summed E-state index contributed by atoms with van der Waals surface area (Å²) in [5, 5.41) is 3.14. The lowest BCUT2D eigenvalue weighted by molar-refractivity contribution is -0.136. The van der Waals surface area contributed by atoms with Crippen molar-refractivity contribution in [3.8, 4) is 22.4 Å². The second kappa shape index (κ2) is 13.1. The van der Waals surface area contributed by atoms with Gasteiger partial charge in [-0.05, 0) is 92.5 Å². The molecule has 0 bridgehead atoms. The highest BCUT2D eigenvalue weighted by atomic mass is 19.1. The minimum absolute atomic E-state index is 0.0297. The smallest absolute Gasteiger partial charge is 0.258 e. The Morgan fingerprint density at radius 1 is 1.00 bits per heavy atom. The molecule has 3 aromatic carbocycles. The van der Waals surface area contributed by atoms with E-state index < -0.39 is 0 Å². The molecular formula is C37H41FN2O3. The van der Waals surface area contributed by atoms with Gasteiger partial charge in [0.1, 0.15) is 12.1 Å². The SMILES string of the molecule is CC(C)c1c(C(=O)Nc2ccccc2)c(-c2ccccc2)c(-c2ccc(F)cc2)n1CC[C@@H]1C[C@H](CC=O)OC(C)(C)C1. The van der Waals surface area contributed by atoms with Crippen LogP contribution in [0.4, 0.5) is 10.1 Å². The maximum absolute atomic E-state index is 14.3. The van der Waals surface area contributed by atoms with Crippen molar-refractivity contribution >= 4 is 17.9 Å². The van der Waals surface area contributed by atoms with E-state index in [0.717, 1.165) is 59.3 Å². The third-order valence-corrected chi connectivity index (χ3v) is 8.27. The van der Waals surface area contributed by atoms with E-state index >= 15 is 0 Å². The van der Waals surface area contributed by atoms with Crippen LogP contribution >= 0.6 is 0 Å². The molecule has 1 aliphatic heterocycles. The molecule has 1 aliphatic rings. The van der Waals surface area contributed by atoms with Gasteiger partial charge in [-0.15, -0.1) is 0 Å². The molecule has 0 saturated carbocycles. The molecule has 0 unspecified atom stereocenters. The van der Waals surface area contributed by atoms with E-state index in [1.165, 1.54) is 12.1 Å². The number of anilines is 1. The second-order valence-corrected chi connectivity index (χ2v) is 12.5. The van der Waals surface area contributed by atoms with Gasteiger partial charge in [0, 0.05) is 29.9 Å². The lowest BCUT2D eigenvalue weighted by Gasteiger charge is -2.40. The van der Waals surface area contributed by atoms with E-state index in [1.807, 2.05) is 60.7 Å². The van der Waals surface area contributed by atoms with Gasteiger partial charge in [0.2, 0.25) is 0 Å². The van der Waals surface area contributed by atoms with E-state index in [9.17, 15) is 14.0 Å². The zero-order valence-electron chi connectivity index (χ0n) is 25.5. The van der Waals surface area contributed by atoms with Crippen LogP contribution in [-0.4, -0.2) is 28.5 Å². The highest BCUT2D eigenvalue weighted by Crippen LogP contribution is 2.43. The summed E-state index contributed by atoms with van der Waals surface area (Å²) in [6.07, 6.45) is 3.81. The molecule has 1 fully saturated rings. The van der Waals surface area contributed by atoms with E-state index in [-0.39, 0.29) is 29.3 Å². The summed E-state index contributed by atoms with van der Waals surface area (Å²) in [5.74, 6) is -0.102. The average molecular weight is 581 g/mol. The minimum atomic E-state index is -0.316. The number of ether oxygens (including phenoxy) is 1. The van der Waals surface area contributed by atoms with Gasteiger partial charge in [0.25, 0.3) is 5.91 Å². The average Bonchev–Trinajstić information content (AvgIpc) is 3.32. The number of carbonyl (C=O) groups excluding carboxylic acids is 2. The van der Waals surface area contributed by atoms with Gasteiger partial charge in [-0.1, -0.05) is 62.4 Å². The Kier molecular flexibility index (Phi) is 9.26. The molecule has 1 saturated heterocycles. The number of halogens is 1. The summed E-state index contributed by atoms with van der Waals surface area (Å²) in [6.45, 7) is 9.09. The quantitative estimate of drug-likeness (QED) is 0.191. The van der Waals surface area contributed by atoms with Crippen LogP contribution in [0.5, 0.6) is 0 Å². The third kappa shape index (κ3) is 6.97. The highest BCUT2D eigenvalue weighted by Gasteiger charge is 2.35. The van der Waals surface area contributed by atoms with Crippen LogP contribution in [0.15, 0.2) is 84.9 Å². The number of carbonyl (C=O) groups is 2. The predicted molar refractivity (Wildman–Crippen MR) is 171 cm³/mol. The molecule has 6 heteroatoms. The molecule has 5 rings (SSSR count). The Bertz CT molecular complexity index is 1540. The number of nitrogens with one attached hydrogen (secondary N) is 1. The fourth-order valence-corrected chi connectivity index (χ4v) is 6.69. The molecule has 0 aliphatic carbocycles. The van der Waals surface area contributed by atoms with Gasteiger partial charge < -0.3 is 19.4 Å². The Balaban J connectivity index is 1.67. The minimum Gasteiger partial charge on any atom is -0.372 e. The topological polar surface area (TPSA) is 60.3 Å². The maximum Gasteiger partial charge on any atom is 0.258 e. The summed E-state index contributed by atoms with van der Waals surface area (Å²) in [7, 11) is 0. The van der Waals surface area contributed by atoms with Crippen molar-refractivity contribution in [2.24, 2.45) is 5.92 Å². The Labute approximate surface area is 254 Å². The van der Waals surface area contributed by atoms with Crippen molar-refractivity contribution in [3.63, 3.8) is 0 Å². The van der Waals surface area contributed by atoms with Gasteiger partial charge in [-0.3, -0.25) is 4.79 Å². The molecule has 2 heterocycles. The number of benzene rings is 3. The number of aldehydes is 1. The van der Waals surface area contributed by atoms with Crippen molar-refractivity contribution in [3.05, 3.63) is 102 Å². The molecule has 224 valence electrons. The van der Waals surface area contributed by atoms with E-state index in [1.54, 1.807) is 12.1 Å². The number of para-hydroxylation sites is 1. The van der Waals surface area contributed by atoms with Gasteiger partial charge in [0.15, 0.2) is 0 Å². The highest BCUT2D eigenvalue weighted by molar-refractivity contribution is 6.12. The zero-order valence-corrected chi connectivity index (χ0v) is 25.5. The van der Waals surface area contributed by atoms with Gasteiger partial charge in [0.05, 0.1) is 23.0 Å². The van der Waals surface area contributed by atoms with Crippen LogP contribution in [0.25, 0.3) is 22.4 Å². The van der Waals surface area contributed by atoms with Crippen LogP contribution in [0.3, 0.4) is 0 Å². The van der Waals surface area contributed by atoms with Crippen molar-refractivity contribution in [2.45, 2.75) is 77.5 Å². The van der Waals surface area contributed by atoms with Gasteiger partial charge in [-0.2, -0.15) is 0 Å². The summed E-state index contributed by atoms with van der Waals surface area (Å²) in [4.78, 5) is 25.6. The van der Waals surface area contributed by atoms with E-state index in [4.69, 9.17) is 4.74 Å². The third-order valence-electron chi connectivity index (χ3n) is 8.27. The van der Waals surface area contributed by atoms with Crippen LogP contribution in [0.2, 0.25) is 0 Å². The number of amides is 1. The largest absolute Gasteiger partial charge is 0.372 e. The Morgan fingerprint density at radius 3 is 2.28 bits per heavy atom. The first-order valence-corrected chi connectivity index (χ1v) is 15.2. The van der Waals surface area contributed by atoms with Crippen LogP contribution < -0.4 is 5.32 Å². The molecule has 0 radical (unpaired) electrons. The summed E-state index contributed by atoms with van der Waals surface area (Å²) in [6, 6.07) is 26.0. The van der Waals surface area contributed by atoms with Crippen molar-refractivity contribution in [1.29, 1.82) is 0 Å². The lowest BCUT2D eigenvalue weighted by Crippen LogP contribution is -2.40. The van der Waals surface area contributed by atoms with Crippen LogP contribution in [0.1, 0.15) is 75.3 Å². The number of hydrogen-bond acceptors (Lipinski definition) is 3. The first-order valence-electron chi connectivity index (χ1n) is 15.2. The fourth-order valence-electron chi connectivity index (χ4n) is 6.69. The van der Waals surface area contributed by atoms with E-state index in [2.05, 4.69) is 37.6 Å². The first kappa shape index (κ1) is 30.4. The summed E-state index contributed by atoms with van der Waals surface area (Å²) < 4.78 is 22.7. The fraction of sp³-hybridized carbons (Fsp3) is 0.351. The van der Waals surface area contributed by atoms with E-state index in [0.29, 0.717) is 24.4 Å². The number of hydrogen-bond donors (Lipinski definition) is 1. The van der Waals surface area contributed by atoms with Gasteiger partial charge >= 0.3 is 0 Å². The molecule has 43 heavy (non-hydrogen) atoms. The number of aromatic nitrogens is 1. The monoisotopic (exact) mass is 580 g/mol. The molecule has 1 aromatic heterocycles. The number of nitrogens with zero attached hydrogens (tertiary/aromatic N) is 1. The first-order chi connectivity index (χ1) is 20.7. The summed E-state index contributed by atoms with van der Waals surface area (Å²) in [5.41, 5.74) is 5.52. The second-order valence-electron chi connectivity index (χ2n) is 12.5. The van der Waals surface area contributed by atoms with Crippen molar-refractivity contribution in [1.82, 2.24) is 4.57 Å². The standard InChI is InChI=1S/C37H41FN2O3/c1-25(2)34-33(36(42)39-30-13-9-6-10-14-30)32(27-11-7-5-8-12-27)35(28-15-17-29(38)18-16-28)40(34)21-19-26-23-31(20-22-41)43-37(3,4)24-26/h5-18,22,25-26,31H,19-21,23-24H2,1-4H3,(H,39,42)/t26-,31+/m1/s1.